The number of amides is 1. The van der Waals surface area contributed by atoms with E-state index >= 15 is 0 Å². The van der Waals surface area contributed by atoms with E-state index in [1.807, 2.05) is 0 Å². The van der Waals surface area contributed by atoms with E-state index in [0.29, 0.717) is 36.7 Å². The highest BCUT2D eigenvalue weighted by molar-refractivity contribution is 5.84. The number of hydrogen-bond donors (Lipinski definition) is 2. The van der Waals surface area contributed by atoms with Gasteiger partial charge in [0.1, 0.15) is 24.7 Å². The minimum atomic E-state index is -4.60. The van der Waals surface area contributed by atoms with Crippen molar-refractivity contribution in [2.75, 3.05) is 32.8 Å². The Labute approximate surface area is 173 Å². The zero-order chi connectivity index (χ0) is 21.4. The number of rotatable bonds is 6. The van der Waals surface area contributed by atoms with Crippen LogP contribution in [0.25, 0.3) is 0 Å². The Bertz CT molecular complexity index is 776. The number of nitrogens with one attached hydrogen (secondary N) is 1. The molecule has 1 saturated heterocycles. The summed E-state index contributed by atoms with van der Waals surface area (Å²) in [7, 11) is 0. The number of aliphatic hydroxyl groups excluding tert-OH is 1. The molecule has 1 unspecified atom stereocenters. The van der Waals surface area contributed by atoms with Gasteiger partial charge in [-0.3, -0.25) is 4.79 Å². The summed E-state index contributed by atoms with van der Waals surface area (Å²) in [6.07, 6.45) is -3.84. The monoisotopic (exact) mass is 428 g/mol. The van der Waals surface area contributed by atoms with Crippen LogP contribution >= 0.6 is 0 Å². The number of aliphatic hydroxyl groups is 1. The number of carbonyl (C=O) groups is 1. The molecule has 1 aromatic rings. The third kappa shape index (κ3) is 3.97. The van der Waals surface area contributed by atoms with Gasteiger partial charge in [0, 0.05) is 6.54 Å². The van der Waals surface area contributed by atoms with Crippen molar-refractivity contribution in [3.8, 4) is 11.5 Å². The van der Waals surface area contributed by atoms with Gasteiger partial charge in [0.05, 0.1) is 6.04 Å². The zero-order valence-corrected chi connectivity index (χ0v) is 16.7. The van der Waals surface area contributed by atoms with Gasteiger partial charge in [0.2, 0.25) is 5.91 Å². The Morgan fingerprint density at radius 3 is 2.40 bits per heavy atom. The van der Waals surface area contributed by atoms with Crippen LogP contribution in [0, 0.1) is 5.41 Å². The second-order valence-electron chi connectivity index (χ2n) is 8.37. The fourth-order valence-electron chi connectivity index (χ4n) is 4.42. The van der Waals surface area contributed by atoms with E-state index in [0.717, 1.165) is 25.9 Å². The quantitative estimate of drug-likeness (QED) is 0.729. The van der Waals surface area contributed by atoms with Crippen molar-refractivity contribution >= 4 is 5.91 Å². The first kappa shape index (κ1) is 21.2. The predicted molar refractivity (Wildman–Crippen MR) is 102 cm³/mol. The normalized spacial score (nSPS) is 22.8. The molecule has 2 heterocycles. The van der Waals surface area contributed by atoms with Crippen LogP contribution in [-0.2, 0) is 4.79 Å². The summed E-state index contributed by atoms with van der Waals surface area (Å²) in [5, 5.41) is 13.6. The SMILES string of the molecule is O=C(N[C@H](CN1CCCC1)C(O)c1ccc2c(c1)OCCO2)C1(C(F)(F)F)CCC1. The molecule has 3 aliphatic rings. The van der Waals surface area contributed by atoms with Gasteiger partial charge in [-0.1, -0.05) is 12.5 Å². The Hall–Kier alpha value is -2.00. The molecule has 0 spiro atoms. The number of benzene rings is 1. The van der Waals surface area contributed by atoms with Gasteiger partial charge in [-0.05, 0) is 56.5 Å². The number of nitrogens with zero attached hydrogens (tertiary/aromatic N) is 1. The molecule has 9 heteroatoms. The van der Waals surface area contributed by atoms with Gasteiger partial charge < -0.3 is 24.8 Å². The van der Waals surface area contributed by atoms with Crippen molar-refractivity contribution in [1.82, 2.24) is 10.2 Å². The van der Waals surface area contributed by atoms with Gasteiger partial charge in [-0.25, -0.2) is 0 Å². The topological polar surface area (TPSA) is 71.0 Å². The molecular formula is C21H27F3N2O4. The van der Waals surface area contributed by atoms with Crippen molar-refractivity contribution in [1.29, 1.82) is 0 Å². The number of fused-ring (bicyclic) bond motifs is 1. The molecule has 166 valence electrons. The number of ether oxygens (including phenoxy) is 2. The molecular weight excluding hydrogens is 401 g/mol. The second-order valence-corrected chi connectivity index (χ2v) is 8.37. The number of hydrogen-bond acceptors (Lipinski definition) is 5. The van der Waals surface area contributed by atoms with E-state index in [1.54, 1.807) is 18.2 Å². The highest BCUT2D eigenvalue weighted by Crippen LogP contribution is 2.53. The molecule has 6 nitrogen and oxygen atoms in total. The maximum absolute atomic E-state index is 13.6. The molecule has 1 amide bonds. The number of likely N-dealkylation sites (tertiary alicyclic amines) is 1. The first-order valence-electron chi connectivity index (χ1n) is 10.5. The summed E-state index contributed by atoms with van der Waals surface area (Å²) in [6.45, 7) is 2.70. The molecule has 0 bridgehead atoms. The lowest BCUT2D eigenvalue weighted by molar-refractivity contribution is -0.243. The van der Waals surface area contributed by atoms with Crippen LogP contribution in [0.4, 0.5) is 13.2 Å². The molecule has 2 N–H and O–H groups in total. The summed E-state index contributed by atoms with van der Waals surface area (Å²) in [6, 6.07) is 4.10. The molecule has 1 aromatic carbocycles. The third-order valence-electron chi connectivity index (χ3n) is 6.44. The largest absolute Gasteiger partial charge is 0.486 e. The van der Waals surface area contributed by atoms with E-state index in [1.165, 1.54) is 0 Å². The average Bonchev–Trinajstić information content (AvgIpc) is 3.17. The zero-order valence-electron chi connectivity index (χ0n) is 16.7. The van der Waals surface area contributed by atoms with Crippen LogP contribution in [-0.4, -0.2) is 61.0 Å². The van der Waals surface area contributed by atoms with E-state index in [-0.39, 0.29) is 19.4 Å². The molecule has 2 atom stereocenters. The Kier molecular flexibility index (Phi) is 5.85. The van der Waals surface area contributed by atoms with E-state index in [9.17, 15) is 23.1 Å². The summed E-state index contributed by atoms with van der Waals surface area (Å²) in [5.41, 5.74) is -1.87. The standard InChI is InChI=1S/C21H27F3N2O4/c22-21(23,24)20(6-3-7-20)19(28)25-15(13-26-8-1-2-9-26)18(27)14-4-5-16-17(12-14)30-11-10-29-16/h4-5,12,15,18,27H,1-3,6-11,13H2,(H,25,28)/t15-,18?/m1/s1. The minimum Gasteiger partial charge on any atom is -0.486 e. The average molecular weight is 428 g/mol. The maximum Gasteiger partial charge on any atom is 0.403 e. The second kappa shape index (κ2) is 8.26. The smallest absolute Gasteiger partial charge is 0.403 e. The summed E-state index contributed by atoms with van der Waals surface area (Å²) in [4.78, 5) is 14.8. The van der Waals surface area contributed by atoms with Crippen LogP contribution in [0.2, 0.25) is 0 Å². The van der Waals surface area contributed by atoms with Crippen molar-refractivity contribution in [2.45, 2.75) is 50.4 Å². The van der Waals surface area contributed by atoms with Gasteiger partial charge in [-0.15, -0.1) is 0 Å². The lowest BCUT2D eigenvalue weighted by Gasteiger charge is -2.42. The van der Waals surface area contributed by atoms with Crippen LogP contribution in [0.15, 0.2) is 18.2 Å². The first-order chi connectivity index (χ1) is 14.3. The molecule has 30 heavy (non-hydrogen) atoms. The Morgan fingerprint density at radius 1 is 1.13 bits per heavy atom. The number of carbonyl (C=O) groups excluding carboxylic acids is 1. The fourth-order valence-corrected chi connectivity index (χ4v) is 4.42. The Balaban J connectivity index is 1.55. The molecule has 1 aliphatic carbocycles. The highest BCUT2D eigenvalue weighted by atomic mass is 19.4. The van der Waals surface area contributed by atoms with Crippen molar-refractivity contribution in [3.05, 3.63) is 23.8 Å². The number of halogens is 3. The summed E-state index contributed by atoms with van der Waals surface area (Å²) in [5.74, 6) is -0.000310. The fraction of sp³-hybridized carbons (Fsp3) is 0.667. The lowest BCUT2D eigenvalue weighted by Crippen LogP contribution is -2.59. The lowest BCUT2D eigenvalue weighted by atomic mass is 9.67. The molecule has 0 aromatic heterocycles. The van der Waals surface area contributed by atoms with Crippen LogP contribution < -0.4 is 14.8 Å². The van der Waals surface area contributed by atoms with Gasteiger partial charge in [-0.2, -0.15) is 13.2 Å². The van der Waals surface area contributed by atoms with E-state index in [4.69, 9.17) is 9.47 Å². The van der Waals surface area contributed by atoms with Gasteiger partial charge in [0.15, 0.2) is 11.5 Å². The third-order valence-corrected chi connectivity index (χ3v) is 6.44. The predicted octanol–water partition coefficient (Wildman–Crippen LogP) is 2.80. The minimum absolute atomic E-state index is 0.209. The molecule has 2 fully saturated rings. The van der Waals surface area contributed by atoms with Gasteiger partial charge in [0.25, 0.3) is 0 Å². The Morgan fingerprint density at radius 2 is 1.80 bits per heavy atom. The molecule has 1 saturated carbocycles. The van der Waals surface area contributed by atoms with Crippen molar-refractivity contribution in [2.24, 2.45) is 5.41 Å². The van der Waals surface area contributed by atoms with Crippen LogP contribution in [0.3, 0.4) is 0 Å². The highest BCUT2D eigenvalue weighted by Gasteiger charge is 2.63. The van der Waals surface area contributed by atoms with Crippen LogP contribution in [0.1, 0.15) is 43.8 Å². The molecule has 0 radical (unpaired) electrons. The summed E-state index contributed by atoms with van der Waals surface area (Å²) >= 11 is 0. The van der Waals surface area contributed by atoms with Crippen molar-refractivity contribution < 1.29 is 32.5 Å². The van der Waals surface area contributed by atoms with Gasteiger partial charge >= 0.3 is 6.18 Å². The summed E-state index contributed by atoms with van der Waals surface area (Å²) < 4.78 is 51.9. The molecule has 2 aliphatic heterocycles. The first-order valence-corrected chi connectivity index (χ1v) is 10.5. The maximum atomic E-state index is 13.6. The van der Waals surface area contributed by atoms with Crippen LogP contribution in [0.5, 0.6) is 11.5 Å². The molecule has 4 rings (SSSR count). The van der Waals surface area contributed by atoms with E-state index in [2.05, 4.69) is 10.2 Å². The number of alkyl halides is 3. The van der Waals surface area contributed by atoms with E-state index < -0.39 is 29.6 Å². The van der Waals surface area contributed by atoms with Crippen molar-refractivity contribution in [3.63, 3.8) is 0 Å².